The van der Waals surface area contributed by atoms with Crippen molar-refractivity contribution in [3.8, 4) is 5.75 Å². The summed E-state index contributed by atoms with van der Waals surface area (Å²) in [7, 11) is 2.94. The minimum absolute atomic E-state index is 0.00566. The van der Waals surface area contributed by atoms with Crippen LogP contribution in [-0.4, -0.2) is 95.9 Å². The van der Waals surface area contributed by atoms with Crippen molar-refractivity contribution in [3.63, 3.8) is 0 Å². The van der Waals surface area contributed by atoms with E-state index in [0.29, 0.717) is 58.2 Å². The van der Waals surface area contributed by atoms with Gasteiger partial charge in [0, 0.05) is 25.9 Å². The van der Waals surface area contributed by atoms with Crippen molar-refractivity contribution >= 4 is 103 Å². The largest absolute Gasteiger partial charge is 0.495 e. The third-order valence-corrected chi connectivity index (χ3v) is 11.5. The SMILES string of the molecule is COC1=C(Br)[C@H](O)[C@@]2(C=C1Br)CC(C(=O)NCCCOc1ccc([C@H](O)CNC(=O)C3=NO[C@]4(C=C(Br)C(OC)=C(Br)[C@@H]4O)C3)cc1Br)=NO2. The maximum absolute atomic E-state index is 12.9. The number of methoxy groups -OCH3 is 2. The van der Waals surface area contributed by atoms with Crippen LogP contribution in [0.15, 0.2) is 74.6 Å². The van der Waals surface area contributed by atoms with Crippen molar-refractivity contribution in [2.24, 2.45) is 10.3 Å². The van der Waals surface area contributed by atoms with Crippen LogP contribution in [0.2, 0.25) is 0 Å². The molecule has 1 aromatic carbocycles. The summed E-state index contributed by atoms with van der Waals surface area (Å²) in [6, 6.07) is 5.04. The van der Waals surface area contributed by atoms with Crippen LogP contribution in [0, 0.1) is 0 Å². The van der Waals surface area contributed by atoms with Gasteiger partial charge in [0.2, 0.25) is 0 Å². The Labute approximate surface area is 328 Å². The van der Waals surface area contributed by atoms with Gasteiger partial charge in [0.1, 0.15) is 40.9 Å². The van der Waals surface area contributed by atoms with Gasteiger partial charge in [-0.15, -0.1) is 0 Å². The molecule has 0 saturated carbocycles. The molecule has 2 amide bonds. The first kappa shape index (κ1) is 39.0. The molecule has 0 aromatic heterocycles. The molecule has 19 heteroatoms. The van der Waals surface area contributed by atoms with E-state index in [2.05, 4.69) is 101 Å². The molecule has 0 bridgehead atoms. The summed E-state index contributed by atoms with van der Waals surface area (Å²) in [5, 5.41) is 45.6. The Bertz CT molecular complexity index is 1750. The van der Waals surface area contributed by atoms with Gasteiger partial charge in [0.25, 0.3) is 11.8 Å². The summed E-state index contributed by atoms with van der Waals surface area (Å²) in [4.78, 5) is 36.6. The number of carbonyl (C=O) groups is 2. The monoisotopic (exact) mass is 1010 g/mol. The molecule has 0 radical (unpaired) electrons. The van der Waals surface area contributed by atoms with E-state index in [1.807, 2.05) is 0 Å². The number of nitrogens with one attached hydrogen (secondary N) is 2. The van der Waals surface area contributed by atoms with Gasteiger partial charge in [-0.3, -0.25) is 9.59 Å². The zero-order valence-corrected chi connectivity index (χ0v) is 34.3. The van der Waals surface area contributed by atoms with Gasteiger partial charge in [-0.25, -0.2) is 0 Å². The van der Waals surface area contributed by atoms with Crippen LogP contribution in [0.4, 0.5) is 0 Å². The minimum atomic E-state index is -1.29. The van der Waals surface area contributed by atoms with E-state index in [-0.39, 0.29) is 37.4 Å². The zero-order valence-electron chi connectivity index (χ0n) is 26.3. The summed E-state index contributed by atoms with van der Waals surface area (Å²) in [6.45, 7) is 0.467. The lowest BCUT2D eigenvalue weighted by Gasteiger charge is -2.33. The Morgan fingerprint density at radius 3 is 1.92 bits per heavy atom. The molecule has 5 rings (SSSR count). The molecule has 0 unspecified atom stereocenters. The zero-order chi connectivity index (χ0) is 36.4. The van der Waals surface area contributed by atoms with Crippen molar-refractivity contribution in [2.45, 2.75) is 48.8 Å². The fraction of sp³-hybridized carbons (Fsp3) is 0.419. The molecule has 1 aromatic rings. The molecular weight excluding hydrogens is 988 g/mol. The molecule has 0 saturated heterocycles. The Morgan fingerprint density at radius 1 is 0.900 bits per heavy atom. The molecule has 0 fully saturated rings. The summed E-state index contributed by atoms with van der Waals surface area (Å²) >= 11 is 16.9. The summed E-state index contributed by atoms with van der Waals surface area (Å²) in [5.74, 6) is 0.386. The molecule has 2 aliphatic carbocycles. The first-order valence-electron chi connectivity index (χ1n) is 14.9. The highest BCUT2D eigenvalue weighted by Gasteiger charge is 2.52. The smallest absolute Gasteiger partial charge is 0.269 e. The van der Waals surface area contributed by atoms with E-state index in [4.69, 9.17) is 23.9 Å². The first-order valence-corrected chi connectivity index (χ1v) is 18.9. The van der Waals surface area contributed by atoms with Crippen molar-refractivity contribution in [2.75, 3.05) is 33.9 Å². The lowest BCUT2D eigenvalue weighted by atomic mass is 9.87. The van der Waals surface area contributed by atoms with E-state index in [1.54, 1.807) is 30.4 Å². The van der Waals surface area contributed by atoms with Crippen molar-refractivity contribution < 1.29 is 48.8 Å². The first-order chi connectivity index (χ1) is 23.8. The quantitative estimate of drug-likeness (QED) is 0.189. The summed E-state index contributed by atoms with van der Waals surface area (Å²) in [6.07, 6.45) is 0.440. The average molecular weight is 1020 g/mol. The summed E-state index contributed by atoms with van der Waals surface area (Å²) < 4.78 is 18.8. The molecule has 2 spiro atoms. The third-order valence-electron chi connectivity index (χ3n) is 8.15. The fourth-order valence-electron chi connectivity index (χ4n) is 5.45. The molecule has 2 aliphatic heterocycles. The van der Waals surface area contributed by atoms with E-state index >= 15 is 0 Å². The van der Waals surface area contributed by atoms with E-state index < -0.39 is 41.3 Å². The van der Waals surface area contributed by atoms with Gasteiger partial charge in [-0.1, -0.05) is 16.4 Å². The predicted molar refractivity (Wildman–Crippen MR) is 199 cm³/mol. The minimum Gasteiger partial charge on any atom is -0.495 e. The standard InChI is InChI=1S/C31H31Br5N4O10/c1-46-24-16(33)9-30(26(42)22(24)35)11-18(39-49-30)28(44)37-6-3-7-48-21-5-4-14(8-15(21)32)20(41)13-38-29(45)19-12-31(50-40-19)10-17(34)25(47-2)23(36)27(31)43/h4-5,8-10,20,26-27,41-43H,3,6-7,11-13H2,1-2H3,(H,37,44)(H,38,45)/t20-,26+,27+,30-,31-/m1/s1. The molecule has 5 atom stereocenters. The number of benzene rings is 1. The number of hydrogen-bond acceptors (Lipinski definition) is 12. The highest BCUT2D eigenvalue weighted by Crippen LogP contribution is 2.45. The fourth-order valence-corrected chi connectivity index (χ4v) is 9.54. The number of halogens is 5. The molecule has 2 heterocycles. The highest BCUT2D eigenvalue weighted by molar-refractivity contribution is 9.12. The predicted octanol–water partition coefficient (Wildman–Crippen LogP) is 4.33. The van der Waals surface area contributed by atoms with Crippen LogP contribution < -0.4 is 15.4 Å². The second-order valence-corrected chi connectivity index (χ2v) is 15.7. The topological polar surface area (TPSA) is 190 Å². The van der Waals surface area contributed by atoms with E-state index in [1.165, 1.54) is 14.2 Å². The van der Waals surface area contributed by atoms with Crippen LogP contribution >= 0.6 is 79.6 Å². The number of ether oxygens (including phenoxy) is 3. The van der Waals surface area contributed by atoms with Crippen molar-refractivity contribution in [1.82, 2.24) is 10.6 Å². The van der Waals surface area contributed by atoms with Crippen molar-refractivity contribution in [3.05, 3.63) is 69.8 Å². The molecular formula is C31H31Br5N4O10. The number of rotatable bonds is 12. The van der Waals surface area contributed by atoms with Crippen molar-refractivity contribution in [1.29, 1.82) is 0 Å². The maximum Gasteiger partial charge on any atom is 0.269 e. The van der Waals surface area contributed by atoms with Gasteiger partial charge >= 0.3 is 0 Å². The van der Waals surface area contributed by atoms with Gasteiger partial charge in [0.05, 0.1) is 49.3 Å². The van der Waals surface area contributed by atoms with Gasteiger partial charge < -0.3 is 49.8 Å². The van der Waals surface area contributed by atoms with Crippen LogP contribution in [0.1, 0.15) is 30.9 Å². The van der Waals surface area contributed by atoms with E-state index in [9.17, 15) is 24.9 Å². The lowest BCUT2D eigenvalue weighted by Crippen LogP contribution is -2.45. The molecule has 5 N–H and O–H groups in total. The number of aliphatic hydroxyl groups excluding tert-OH is 3. The Morgan fingerprint density at radius 2 is 1.42 bits per heavy atom. The maximum atomic E-state index is 12.9. The normalized spacial score (nSPS) is 26.4. The highest BCUT2D eigenvalue weighted by atomic mass is 79.9. The van der Waals surface area contributed by atoms with Crippen LogP contribution in [0.25, 0.3) is 0 Å². The van der Waals surface area contributed by atoms with Gasteiger partial charge in [0.15, 0.2) is 11.2 Å². The number of aliphatic hydroxyl groups is 3. The number of nitrogens with zero attached hydrogens (tertiary/aromatic N) is 2. The number of oxime groups is 2. The Hall–Kier alpha value is -2.26. The van der Waals surface area contributed by atoms with Crippen LogP contribution in [0.3, 0.4) is 0 Å². The van der Waals surface area contributed by atoms with Crippen LogP contribution in [-0.2, 0) is 28.7 Å². The number of hydrogen-bond donors (Lipinski definition) is 5. The molecule has 14 nitrogen and oxygen atoms in total. The van der Waals surface area contributed by atoms with Gasteiger partial charge in [-0.2, -0.15) is 0 Å². The molecule has 50 heavy (non-hydrogen) atoms. The molecule has 4 aliphatic rings. The second kappa shape index (κ2) is 16.2. The Balaban J connectivity index is 1.04. The Kier molecular flexibility index (Phi) is 12.6. The second-order valence-electron chi connectivity index (χ2n) is 11.4. The van der Waals surface area contributed by atoms with Crippen LogP contribution in [0.5, 0.6) is 5.75 Å². The van der Waals surface area contributed by atoms with E-state index in [0.717, 1.165) is 0 Å². The molecule has 270 valence electrons. The summed E-state index contributed by atoms with van der Waals surface area (Å²) in [5.41, 5.74) is -1.80. The third kappa shape index (κ3) is 7.89. The number of allylic oxidation sites excluding steroid dienone is 2. The van der Waals surface area contributed by atoms with Gasteiger partial charge in [-0.05, 0) is 116 Å². The number of carbonyl (C=O) groups excluding carboxylic acids is 2. The number of amides is 2. The lowest BCUT2D eigenvalue weighted by molar-refractivity contribution is -0.116. The average Bonchev–Trinajstić information content (AvgIpc) is 3.72.